The first-order valence-corrected chi connectivity index (χ1v) is 7.20. The van der Waals surface area contributed by atoms with Crippen molar-refractivity contribution in [1.29, 1.82) is 0 Å². The molecule has 0 aliphatic rings. The van der Waals surface area contributed by atoms with Crippen LogP contribution in [0.15, 0.2) is 0 Å². The van der Waals surface area contributed by atoms with Crippen molar-refractivity contribution in [1.82, 2.24) is 15.3 Å². The van der Waals surface area contributed by atoms with Crippen LogP contribution in [-0.4, -0.2) is 33.6 Å². The van der Waals surface area contributed by atoms with Gasteiger partial charge in [0, 0.05) is 12.6 Å². The lowest BCUT2D eigenvalue weighted by Crippen LogP contribution is -2.33. The minimum absolute atomic E-state index is 0.0461. The van der Waals surface area contributed by atoms with Gasteiger partial charge >= 0.3 is 0 Å². The fourth-order valence-electron chi connectivity index (χ4n) is 2.05. The van der Waals surface area contributed by atoms with Crippen LogP contribution in [0.2, 0.25) is 0 Å². The molecule has 0 aromatic carbocycles. The Morgan fingerprint density at radius 3 is 2.80 bits per heavy atom. The second kappa shape index (κ2) is 5.72. The van der Waals surface area contributed by atoms with Gasteiger partial charge in [-0.15, -0.1) is 11.3 Å². The average Bonchev–Trinajstić information content (AvgIpc) is 2.66. The van der Waals surface area contributed by atoms with Gasteiger partial charge in [0.05, 0.1) is 10.3 Å². The molecule has 0 saturated carbocycles. The minimum atomic E-state index is -0.163. The second-order valence-electron chi connectivity index (χ2n) is 4.78. The molecule has 1 atom stereocenters. The fourth-order valence-corrected chi connectivity index (χ4v) is 3.19. The molecular weight excluding hydrogens is 276 g/mol. The van der Waals surface area contributed by atoms with Gasteiger partial charge in [-0.25, -0.2) is 9.97 Å². The van der Waals surface area contributed by atoms with E-state index < -0.39 is 0 Å². The summed E-state index contributed by atoms with van der Waals surface area (Å²) in [5.74, 6) is 0.837. The highest BCUT2D eigenvalue weighted by Crippen LogP contribution is 2.32. The summed E-state index contributed by atoms with van der Waals surface area (Å²) >= 11 is 1.31. The van der Waals surface area contributed by atoms with Crippen molar-refractivity contribution in [2.45, 2.75) is 33.2 Å². The van der Waals surface area contributed by atoms with E-state index in [0.717, 1.165) is 15.8 Å². The summed E-state index contributed by atoms with van der Waals surface area (Å²) in [4.78, 5) is 22.0. The van der Waals surface area contributed by atoms with Crippen LogP contribution >= 0.6 is 11.3 Å². The third-order valence-corrected chi connectivity index (χ3v) is 4.26. The van der Waals surface area contributed by atoms with E-state index in [4.69, 9.17) is 10.8 Å². The van der Waals surface area contributed by atoms with E-state index in [1.807, 2.05) is 13.8 Å². The molecule has 0 fully saturated rings. The third kappa shape index (κ3) is 2.73. The Morgan fingerprint density at radius 2 is 2.15 bits per heavy atom. The number of carbonyl (C=O) groups excluding carboxylic acids is 1. The number of amides is 1. The molecule has 2 heterocycles. The van der Waals surface area contributed by atoms with E-state index in [0.29, 0.717) is 22.9 Å². The lowest BCUT2D eigenvalue weighted by Gasteiger charge is -2.11. The molecule has 0 radical (unpaired) electrons. The summed E-state index contributed by atoms with van der Waals surface area (Å²) < 4.78 is 0. The Kier molecular flexibility index (Phi) is 4.20. The Balaban J connectivity index is 2.38. The molecule has 1 amide bonds. The quantitative estimate of drug-likeness (QED) is 0.791. The van der Waals surface area contributed by atoms with Crippen molar-refractivity contribution < 1.29 is 9.90 Å². The standard InChI is InChI=1S/C13H18N4O2S/c1-6(4-5-18)15-12(19)10-7(2)9-11(14)16-8(3)17-13(9)20-10/h6,18H,4-5H2,1-3H3,(H,15,19)(H2,14,16,17). The van der Waals surface area contributed by atoms with Gasteiger partial charge in [0.2, 0.25) is 0 Å². The highest BCUT2D eigenvalue weighted by atomic mass is 32.1. The van der Waals surface area contributed by atoms with Crippen molar-refractivity contribution in [2.75, 3.05) is 12.3 Å². The van der Waals surface area contributed by atoms with Gasteiger partial charge in [0.25, 0.3) is 5.91 Å². The minimum Gasteiger partial charge on any atom is -0.396 e. The summed E-state index contributed by atoms with van der Waals surface area (Å²) in [5.41, 5.74) is 6.71. The zero-order chi connectivity index (χ0) is 14.9. The Bertz CT molecular complexity index is 653. The van der Waals surface area contributed by atoms with Crippen molar-refractivity contribution >= 4 is 33.3 Å². The highest BCUT2D eigenvalue weighted by Gasteiger charge is 2.20. The van der Waals surface area contributed by atoms with E-state index in [1.54, 1.807) is 6.92 Å². The molecule has 0 aliphatic heterocycles. The molecule has 2 aromatic heterocycles. The van der Waals surface area contributed by atoms with Gasteiger partial charge in [0.15, 0.2) is 0 Å². The largest absolute Gasteiger partial charge is 0.396 e. The Morgan fingerprint density at radius 1 is 1.45 bits per heavy atom. The molecular formula is C13H18N4O2S. The number of nitrogens with zero attached hydrogens (tertiary/aromatic N) is 2. The first-order chi connectivity index (χ1) is 9.43. The summed E-state index contributed by atoms with van der Waals surface area (Å²) in [6.07, 6.45) is 0.525. The van der Waals surface area contributed by atoms with Gasteiger partial charge in [-0.2, -0.15) is 0 Å². The van der Waals surface area contributed by atoms with Crippen LogP contribution in [0.1, 0.15) is 34.4 Å². The monoisotopic (exact) mass is 294 g/mol. The van der Waals surface area contributed by atoms with Crippen LogP contribution in [0.25, 0.3) is 10.2 Å². The number of hydrogen-bond acceptors (Lipinski definition) is 6. The maximum Gasteiger partial charge on any atom is 0.261 e. The molecule has 2 aromatic rings. The SMILES string of the molecule is Cc1nc(N)c2c(C)c(C(=O)NC(C)CCO)sc2n1. The Hall–Kier alpha value is -1.73. The molecule has 2 rings (SSSR count). The van der Waals surface area contributed by atoms with Crippen LogP contribution in [-0.2, 0) is 0 Å². The second-order valence-corrected chi connectivity index (χ2v) is 5.78. The zero-order valence-electron chi connectivity index (χ0n) is 11.7. The lowest BCUT2D eigenvalue weighted by atomic mass is 10.2. The summed E-state index contributed by atoms with van der Waals surface area (Å²) in [7, 11) is 0. The normalized spacial score (nSPS) is 12.6. The van der Waals surface area contributed by atoms with E-state index in [9.17, 15) is 4.79 Å². The number of nitrogens with one attached hydrogen (secondary N) is 1. The molecule has 4 N–H and O–H groups in total. The highest BCUT2D eigenvalue weighted by molar-refractivity contribution is 7.20. The van der Waals surface area contributed by atoms with Gasteiger partial charge in [-0.1, -0.05) is 0 Å². The molecule has 1 unspecified atom stereocenters. The number of nitrogen functional groups attached to an aromatic ring is 1. The molecule has 20 heavy (non-hydrogen) atoms. The molecule has 0 aliphatic carbocycles. The maximum atomic E-state index is 12.2. The fraction of sp³-hybridized carbons (Fsp3) is 0.462. The topological polar surface area (TPSA) is 101 Å². The average molecular weight is 294 g/mol. The van der Waals surface area contributed by atoms with Gasteiger partial charge in [-0.05, 0) is 32.8 Å². The van der Waals surface area contributed by atoms with E-state index in [-0.39, 0.29) is 18.6 Å². The zero-order valence-corrected chi connectivity index (χ0v) is 12.5. The molecule has 108 valence electrons. The molecule has 7 heteroatoms. The van der Waals surface area contributed by atoms with E-state index >= 15 is 0 Å². The number of aliphatic hydroxyl groups is 1. The molecule has 6 nitrogen and oxygen atoms in total. The van der Waals surface area contributed by atoms with Crippen LogP contribution in [0.5, 0.6) is 0 Å². The van der Waals surface area contributed by atoms with Crippen LogP contribution in [0.4, 0.5) is 5.82 Å². The Labute approximate surface area is 121 Å². The predicted octanol–water partition coefficient (Wildman–Crippen LogP) is 1.39. The smallest absolute Gasteiger partial charge is 0.261 e. The molecule has 0 bridgehead atoms. The van der Waals surface area contributed by atoms with Gasteiger partial charge < -0.3 is 16.2 Å². The first kappa shape index (κ1) is 14.7. The molecule has 0 saturated heterocycles. The number of rotatable bonds is 4. The van der Waals surface area contributed by atoms with Crippen molar-refractivity contribution in [3.63, 3.8) is 0 Å². The summed E-state index contributed by atoms with van der Waals surface area (Å²) in [6.45, 7) is 5.52. The number of carbonyl (C=O) groups is 1. The van der Waals surface area contributed by atoms with Crippen LogP contribution in [0.3, 0.4) is 0 Å². The van der Waals surface area contributed by atoms with Crippen molar-refractivity contribution in [3.8, 4) is 0 Å². The van der Waals surface area contributed by atoms with Crippen LogP contribution < -0.4 is 11.1 Å². The summed E-state index contributed by atoms with van der Waals surface area (Å²) in [6, 6.07) is -0.0812. The first-order valence-electron chi connectivity index (χ1n) is 6.39. The number of aryl methyl sites for hydroxylation is 2. The third-order valence-electron chi connectivity index (χ3n) is 3.08. The van der Waals surface area contributed by atoms with Crippen LogP contribution in [0, 0.1) is 13.8 Å². The number of aromatic nitrogens is 2. The van der Waals surface area contributed by atoms with Crippen molar-refractivity contribution in [3.05, 3.63) is 16.3 Å². The number of hydrogen-bond donors (Lipinski definition) is 3. The van der Waals surface area contributed by atoms with Gasteiger partial charge in [-0.3, -0.25) is 4.79 Å². The van der Waals surface area contributed by atoms with E-state index in [1.165, 1.54) is 11.3 Å². The predicted molar refractivity (Wildman–Crippen MR) is 79.9 cm³/mol. The number of anilines is 1. The summed E-state index contributed by atoms with van der Waals surface area (Å²) in [5, 5.41) is 12.5. The number of nitrogens with two attached hydrogens (primary N) is 1. The molecule has 0 spiro atoms. The number of aliphatic hydroxyl groups excluding tert-OH is 1. The number of fused-ring (bicyclic) bond motifs is 1. The van der Waals surface area contributed by atoms with Crippen molar-refractivity contribution in [2.24, 2.45) is 0 Å². The number of thiophene rings is 1. The van der Waals surface area contributed by atoms with E-state index in [2.05, 4.69) is 15.3 Å². The van der Waals surface area contributed by atoms with Gasteiger partial charge in [0.1, 0.15) is 16.5 Å². The lowest BCUT2D eigenvalue weighted by molar-refractivity contribution is 0.0938. The maximum absolute atomic E-state index is 12.2.